The van der Waals surface area contributed by atoms with E-state index in [4.69, 9.17) is 0 Å². The second-order valence-electron chi connectivity index (χ2n) is 4.32. The highest BCUT2D eigenvalue weighted by Crippen LogP contribution is 2.14. The molecule has 1 fully saturated rings. The van der Waals surface area contributed by atoms with E-state index in [0.29, 0.717) is 6.54 Å². The lowest BCUT2D eigenvalue weighted by molar-refractivity contribution is -0.126. The molecular formula is C12H17BrN4O. The molecule has 1 aliphatic heterocycles. The zero-order chi connectivity index (χ0) is 13.0. The van der Waals surface area contributed by atoms with Crippen molar-refractivity contribution in [3.63, 3.8) is 0 Å². The first-order valence-corrected chi connectivity index (χ1v) is 6.76. The smallest absolute Gasteiger partial charge is 0.238 e. The molecule has 98 valence electrons. The van der Waals surface area contributed by atoms with Crippen molar-refractivity contribution < 1.29 is 4.79 Å². The predicted octanol–water partition coefficient (Wildman–Crippen LogP) is 0.364. The first-order valence-electron chi connectivity index (χ1n) is 5.96. The second kappa shape index (κ2) is 6.26. The van der Waals surface area contributed by atoms with Crippen molar-refractivity contribution in [2.45, 2.75) is 12.6 Å². The van der Waals surface area contributed by atoms with Crippen molar-refractivity contribution in [3.8, 4) is 0 Å². The minimum atomic E-state index is -0.109. The predicted molar refractivity (Wildman–Crippen MR) is 73.1 cm³/mol. The highest BCUT2D eigenvalue weighted by molar-refractivity contribution is 9.10. The Kier molecular flexibility index (Phi) is 4.68. The van der Waals surface area contributed by atoms with Gasteiger partial charge in [0.1, 0.15) is 6.04 Å². The van der Waals surface area contributed by atoms with Gasteiger partial charge in [-0.1, -0.05) is 0 Å². The van der Waals surface area contributed by atoms with Gasteiger partial charge in [-0.05, 0) is 27.6 Å². The van der Waals surface area contributed by atoms with E-state index in [0.717, 1.165) is 29.7 Å². The van der Waals surface area contributed by atoms with Crippen LogP contribution in [0.1, 0.15) is 5.56 Å². The van der Waals surface area contributed by atoms with E-state index in [1.54, 1.807) is 13.2 Å². The average molecular weight is 313 g/mol. The molecule has 1 unspecified atom stereocenters. The Morgan fingerprint density at radius 3 is 3.22 bits per heavy atom. The minimum absolute atomic E-state index is 0.0603. The maximum absolute atomic E-state index is 11.8. The summed E-state index contributed by atoms with van der Waals surface area (Å²) in [5.74, 6) is 0.0603. The maximum atomic E-state index is 11.8. The topological polar surface area (TPSA) is 57.3 Å². The molecule has 0 bridgehead atoms. The van der Waals surface area contributed by atoms with E-state index in [2.05, 4.69) is 36.4 Å². The summed E-state index contributed by atoms with van der Waals surface area (Å²) in [7, 11) is 1.68. The number of hydrogen-bond acceptors (Lipinski definition) is 4. The van der Waals surface area contributed by atoms with E-state index in [1.807, 2.05) is 12.3 Å². The van der Waals surface area contributed by atoms with Gasteiger partial charge in [-0.15, -0.1) is 0 Å². The molecule has 0 aliphatic carbocycles. The molecule has 0 aromatic carbocycles. The van der Waals surface area contributed by atoms with Crippen LogP contribution in [-0.2, 0) is 11.3 Å². The lowest BCUT2D eigenvalue weighted by Crippen LogP contribution is -2.56. The summed E-state index contributed by atoms with van der Waals surface area (Å²) < 4.78 is 0.964. The molecule has 1 saturated heterocycles. The largest absolute Gasteiger partial charge is 0.358 e. The number of piperazine rings is 1. The maximum Gasteiger partial charge on any atom is 0.238 e. The van der Waals surface area contributed by atoms with Crippen LogP contribution >= 0.6 is 15.9 Å². The van der Waals surface area contributed by atoms with Crippen LogP contribution in [0.25, 0.3) is 0 Å². The van der Waals surface area contributed by atoms with Crippen LogP contribution in [0.3, 0.4) is 0 Å². The van der Waals surface area contributed by atoms with Gasteiger partial charge in [0.15, 0.2) is 0 Å². The fourth-order valence-electron chi connectivity index (χ4n) is 2.14. The van der Waals surface area contributed by atoms with Gasteiger partial charge in [0.05, 0.1) is 0 Å². The summed E-state index contributed by atoms with van der Waals surface area (Å²) in [5, 5.41) is 5.97. The van der Waals surface area contributed by atoms with Gasteiger partial charge in [0.2, 0.25) is 5.91 Å². The van der Waals surface area contributed by atoms with Gasteiger partial charge in [0, 0.05) is 50.1 Å². The van der Waals surface area contributed by atoms with Gasteiger partial charge in [-0.3, -0.25) is 14.7 Å². The zero-order valence-corrected chi connectivity index (χ0v) is 11.9. The molecule has 18 heavy (non-hydrogen) atoms. The van der Waals surface area contributed by atoms with Crippen LogP contribution in [0.2, 0.25) is 0 Å². The molecule has 1 aromatic heterocycles. The Hall–Kier alpha value is -0.980. The van der Waals surface area contributed by atoms with E-state index >= 15 is 0 Å². The highest BCUT2D eigenvalue weighted by Gasteiger charge is 2.27. The monoisotopic (exact) mass is 312 g/mol. The molecule has 1 aromatic rings. The van der Waals surface area contributed by atoms with Crippen molar-refractivity contribution >= 4 is 21.8 Å². The summed E-state index contributed by atoms with van der Waals surface area (Å²) in [6.07, 6.45) is 3.60. The number of carbonyl (C=O) groups is 1. The Bertz CT molecular complexity index is 426. The molecule has 1 atom stereocenters. The number of rotatable bonds is 3. The van der Waals surface area contributed by atoms with E-state index in [9.17, 15) is 4.79 Å². The molecule has 0 radical (unpaired) electrons. The third-order valence-electron chi connectivity index (χ3n) is 3.05. The fourth-order valence-corrected chi connectivity index (χ4v) is 2.55. The quantitative estimate of drug-likeness (QED) is 0.846. The number of halogens is 1. The normalized spacial score (nSPS) is 20.7. The summed E-state index contributed by atoms with van der Waals surface area (Å²) >= 11 is 3.41. The van der Waals surface area contributed by atoms with Gasteiger partial charge in [0.25, 0.3) is 0 Å². The third kappa shape index (κ3) is 3.28. The van der Waals surface area contributed by atoms with Crippen molar-refractivity contribution in [1.82, 2.24) is 20.5 Å². The Morgan fingerprint density at radius 2 is 2.50 bits per heavy atom. The first kappa shape index (κ1) is 13.5. The minimum Gasteiger partial charge on any atom is -0.358 e. The van der Waals surface area contributed by atoms with Crippen LogP contribution in [0.4, 0.5) is 0 Å². The van der Waals surface area contributed by atoms with Crippen molar-refractivity contribution in [2.24, 2.45) is 0 Å². The fraction of sp³-hybridized carbons (Fsp3) is 0.500. The number of likely N-dealkylation sites (N-methyl/N-ethyl adjacent to an activating group) is 1. The van der Waals surface area contributed by atoms with Gasteiger partial charge >= 0.3 is 0 Å². The van der Waals surface area contributed by atoms with E-state index < -0.39 is 0 Å². The van der Waals surface area contributed by atoms with Crippen LogP contribution in [0.5, 0.6) is 0 Å². The lowest BCUT2D eigenvalue weighted by atomic mass is 10.1. The lowest BCUT2D eigenvalue weighted by Gasteiger charge is -2.34. The molecule has 2 heterocycles. The molecule has 5 nitrogen and oxygen atoms in total. The number of hydrogen-bond donors (Lipinski definition) is 2. The van der Waals surface area contributed by atoms with Crippen LogP contribution < -0.4 is 10.6 Å². The number of pyridine rings is 1. The summed E-state index contributed by atoms with van der Waals surface area (Å²) in [6, 6.07) is 1.93. The highest BCUT2D eigenvalue weighted by atomic mass is 79.9. The summed E-state index contributed by atoms with van der Waals surface area (Å²) in [4.78, 5) is 18.1. The molecular weight excluding hydrogens is 296 g/mol. The number of aromatic nitrogens is 1. The van der Waals surface area contributed by atoms with Gasteiger partial charge < -0.3 is 10.6 Å². The molecule has 2 N–H and O–H groups in total. The van der Waals surface area contributed by atoms with Crippen molar-refractivity contribution in [3.05, 3.63) is 28.5 Å². The molecule has 1 aliphatic rings. The second-order valence-corrected chi connectivity index (χ2v) is 5.23. The van der Waals surface area contributed by atoms with E-state index in [-0.39, 0.29) is 11.9 Å². The number of amides is 1. The van der Waals surface area contributed by atoms with Crippen LogP contribution in [0.15, 0.2) is 22.9 Å². The number of nitrogens with zero attached hydrogens (tertiary/aromatic N) is 2. The number of carbonyl (C=O) groups excluding carboxylic acids is 1. The standard InChI is InChI=1S/C12H17BrN4O/c1-14-12(18)11-7-15-2-3-17(11)8-9-4-10(13)6-16-5-9/h4-6,11,15H,2-3,7-8H2,1H3,(H,14,18). The van der Waals surface area contributed by atoms with Gasteiger partial charge in [-0.25, -0.2) is 0 Å². The molecule has 6 heteroatoms. The molecule has 2 rings (SSSR count). The molecule has 1 amide bonds. The Labute approximate surface area is 115 Å². The SMILES string of the molecule is CNC(=O)C1CNCCN1Cc1cncc(Br)c1. The van der Waals surface area contributed by atoms with Crippen LogP contribution in [-0.4, -0.2) is 48.5 Å². The van der Waals surface area contributed by atoms with E-state index in [1.165, 1.54) is 0 Å². The summed E-state index contributed by atoms with van der Waals surface area (Å²) in [6.45, 7) is 3.22. The van der Waals surface area contributed by atoms with Gasteiger partial charge in [-0.2, -0.15) is 0 Å². The van der Waals surface area contributed by atoms with Crippen molar-refractivity contribution in [1.29, 1.82) is 0 Å². The Balaban J connectivity index is 2.07. The third-order valence-corrected chi connectivity index (χ3v) is 3.48. The zero-order valence-electron chi connectivity index (χ0n) is 10.3. The van der Waals surface area contributed by atoms with Crippen molar-refractivity contribution in [2.75, 3.05) is 26.7 Å². The molecule has 0 saturated carbocycles. The Morgan fingerprint density at radius 1 is 1.67 bits per heavy atom. The molecule has 0 spiro atoms. The van der Waals surface area contributed by atoms with Crippen LogP contribution in [0, 0.1) is 0 Å². The average Bonchev–Trinajstić information content (AvgIpc) is 2.38. The number of nitrogens with one attached hydrogen (secondary N) is 2. The first-order chi connectivity index (χ1) is 8.70. The summed E-state index contributed by atoms with van der Waals surface area (Å²) in [5.41, 5.74) is 1.11.